The van der Waals surface area contributed by atoms with Crippen LogP contribution in [0, 0.1) is 0 Å². The number of hydrogen-bond donors (Lipinski definition) is 1. The molecule has 1 aromatic rings. The predicted octanol–water partition coefficient (Wildman–Crippen LogP) is 0.0920. The van der Waals surface area contributed by atoms with Crippen molar-refractivity contribution in [1.82, 2.24) is 15.1 Å². The summed E-state index contributed by atoms with van der Waals surface area (Å²) >= 11 is 0. The average Bonchev–Trinajstić information content (AvgIpc) is 3.18. The van der Waals surface area contributed by atoms with Gasteiger partial charge in [-0.1, -0.05) is 12.2 Å². The molecule has 0 bridgehead atoms. The van der Waals surface area contributed by atoms with Crippen molar-refractivity contribution in [2.24, 2.45) is 0 Å². The van der Waals surface area contributed by atoms with Crippen molar-refractivity contribution >= 4 is 11.8 Å². The maximum Gasteiger partial charge on any atom is 0.289 e. The molecule has 1 atom stereocenters. The van der Waals surface area contributed by atoms with Gasteiger partial charge >= 0.3 is 0 Å². The zero-order chi connectivity index (χ0) is 13.9. The van der Waals surface area contributed by atoms with Crippen molar-refractivity contribution in [2.75, 3.05) is 32.7 Å². The van der Waals surface area contributed by atoms with E-state index >= 15 is 0 Å². The van der Waals surface area contributed by atoms with Crippen LogP contribution in [0.15, 0.2) is 35.0 Å². The lowest BCUT2D eigenvalue weighted by Gasteiger charge is -2.35. The summed E-state index contributed by atoms with van der Waals surface area (Å²) in [6, 6.07) is 3.15. The summed E-state index contributed by atoms with van der Waals surface area (Å²) in [6.07, 6.45) is 5.34. The van der Waals surface area contributed by atoms with E-state index < -0.39 is 0 Å². The largest absolute Gasteiger partial charge is 0.459 e. The molecule has 1 unspecified atom stereocenters. The summed E-state index contributed by atoms with van der Waals surface area (Å²) in [5, 5.41) is 3.11. The van der Waals surface area contributed by atoms with Crippen molar-refractivity contribution in [3.63, 3.8) is 0 Å². The fraction of sp³-hybridized carbons (Fsp3) is 0.429. The number of amides is 2. The first-order chi connectivity index (χ1) is 9.75. The lowest BCUT2D eigenvalue weighted by atomic mass is 10.2. The molecule has 106 valence electrons. The quantitative estimate of drug-likeness (QED) is 0.777. The van der Waals surface area contributed by atoms with Crippen molar-refractivity contribution in [3.05, 3.63) is 36.3 Å². The van der Waals surface area contributed by atoms with E-state index in [1.165, 1.54) is 6.26 Å². The second-order valence-corrected chi connectivity index (χ2v) is 4.91. The first-order valence-corrected chi connectivity index (χ1v) is 6.77. The molecule has 6 heteroatoms. The standard InChI is InChI=1S/C14H17N3O3/c18-13(11-3-1-5-15-11)16-6-8-17(9-7-16)14(19)12-4-2-10-20-12/h1-4,10-11,15H,5-9H2. The molecule has 2 aliphatic rings. The molecule has 0 aliphatic carbocycles. The van der Waals surface area contributed by atoms with Gasteiger partial charge in [0, 0.05) is 32.7 Å². The molecule has 1 saturated heterocycles. The Morgan fingerprint density at radius 2 is 1.95 bits per heavy atom. The predicted molar refractivity (Wildman–Crippen MR) is 72.1 cm³/mol. The zero-order valence-corrected chi connectivity index (χ0v) is 11.1. The van der Waals surface area contributed by atoms with Crippen LogP contribution in [0.1, 0.15) is 10.6 Å². The Morgan fingerprint density at radius 1 is 1.20 bits per heavy atom. The third-order valence-corrected chi connectivity index (χ3v) is 3.66. The summed E-state index contributed by atoms with van der Waals surface area (Å²) in [5.74, 6) is 0.329. The maximum absolute atomic E-state index is 12.2. The fourth-order valence-corrected chi connectivity index (χ4v) is 2.52. The molecule has 20 heavy (non-hydrogen) atoms. The van der Waals surface area contributed by atoms with E-state index in [4.69, 9.17) is 4.42 Å². The summed E-state index contributed by atoms with van der Waals surface area (Å²) in [5.41, 5.74) is 0. The molecular formula is C14H17N3O3. The number of piperazine rings is 1. The topological polar surface area (TPSA) is 65.8 Å². The normalized spacial score (nSPS) is 22.3. The molecule has 0 spiro atoms. The summed E-state index contributed by atoms with van der Waals surface area (Å²) in [7, 11) is 0. The van der Waals surface area contributed by atoms with Crippen LogP contribution in [-0.4, -0.2) is 60.4 Å². The van der Waals surface area contributed by atoms with Crippen LogP contribution < -0.4 is 5.32 Å². The Hall–Kier alpha value is -2.08. The lowest BCUT2D eigenvalue weighted by molar-refractivity contribution is -0.133. The van der Waals surface area contributed by atoms with Crippen molar-refractivity contribution in [3.8, 4) is 0 Å². The molecule has 0 saturated carbocycles. The minimum absolute atomic E-state index is 0.0869. The van der Waals surface area contributed by atoms with Gasteiger partial charge < -0.3 is 14.2 Å². The van der Waals surface area contributed by atoms with Gasteiger partial charge in [-0.3, -0.25) is 14.9 Å². The van der Waals surface area contributed by atoms with E-state index in [1.54, 1.807) is 21.9 Å². The van der Waals surface area contributed by atoms with E-state index in [-0.39, 0.29) is 17.9 Å². The van der Waals surface area contributed by atoms with E-state index in [0.717, 1.165) is 6.54 Å². The van der Waals surface area contributed by atoms with Gasteiger partial charge in [0.1, 0.15) is 6.04 Å². The highest BCUT2D eigenvalue weighted by atomic mass is 16.3. The minimum atomic E-state index is -0.206. The van der Waals surface area contributed by atoms with Gasteiger partial charge in [-0.25, -0.2) is 0 Å². The van der Waals surface area contributed by atoms with Crippen LogP contribution >= 0.6 is 0 Å². The Balaban J connectivity index is 1.55. The molecule has 1 aromatic heterocycles. The van der Waals surface area contributed by atoms with E-state index in [2.05, 4.69) is 5.32 Å². The molecule has 3 rings (SSSR count). The van der Waals surface area contributed by atoms with E-state index in [1.807, 2.05) is 12.2 Å². The molecule has 6 nitrogen and oxygen atoms in total. The van der Waals surface area contributed by atoms with Gasteiger partial charge in [-0.05, 0) is 12.1 Å². The SMILES string of the molecule is O=C(c1ccco1)N1CCN(C(=O)C2C=CCN2)CC1. The summed E-state index contributed by atoms with van der Waals surface area (Å²) in [6.45, 7) is 2.96. The highest BCUT2D eigenvalue weighted by Crippen LogP contribution is 2.11. The van der Waals surface area contributed by atoms with Gasteiger partial charge in [0.25, 0.3) is 5.91 Å². The highest BCUT2D eigenvalue weighted by Gasteiger charge is 2.29. The van der Waals surface area contributed by atoms with Gasteiger partial charge in [-0.15, -0.1) is 0 Å². The van der Waals surface area contributed by atoms with Crippen LogP contribution in [0.4, 0.5) is 0 Å². The van der Waals surface area contributed by atoms with Crippen LogP contribution in [0.25, 0.3) is 0 Å². The van der Waals surface area contributed by atoms with Gasteiger partial charge in [-0.2, -0.15) is 0 Å². The van der Waals surface area contributed by atoms with Gasteiger partial charge in [0.05, 0.1) is 6.26 Å². The summed E-state index contributed by atoms with van der Waals surface area (Å²) < 4.78 is 5.11. The number of nitrogens with zero attached hydrogens (tertiary/aromatic N) is 2. The Kier molecular flexibility index (Phi) is 3.56. The van der Waals surface area contributed by atoms with E-state index in [0.29, 0.717) is 31.9 Å². The van der Waals surface area contributed by atoms with Crippen LogP contribution in [0.2, 0.25) is 0 Å². The molecule has 0 radical (unpaired) electrons. The first kappa shape index (κ1) is 12.9. The third kappa shape index (κ3) is 2.46. The van der Waals surface area contributed by atoms with Gasteiger partial charge in [0.2, 0.25) is 5.91 Å². The Labute approximate surface area is 117 Å². The van der Waals surface area contributed by atoms with Gasteiger partial charge in [0.15, 0.2) is 5.76 Å². The lowest BCUT2D eigenvalue weighted by Crippen LogP contribution is -2.54. The third-order valence-electron chi connectivity index (χ3n) is 3.66. The number of furan rings is 1. The molecule has 2 amide bonds. The second kappa shape index (κ2) is 5.50. The highest BCUT2D eigenvalue weighted by molar-refractivity contribution is 5.91. The molecule has 1 fully saturated rings. The molecular weight excluding hydrogens is 258 g/mol. The molecule has 3 heterocycles. The number of nitrogens with one attached hydrogen (secondary N) is 1. The van der Waals surface area contributed by atoms with Crippen LogP contribution in [-0.2, 0) is 4.79 Å². The molecule has 2 aliphatic heterocycles. The number of carbonyl (C=O) groups is 2. The molecule has 1 N–H and O–H groups in total. The second-order valence-electron chi connectivity index (χ2n) is 4.91. The first-order valence-electron chi connectivity index (χ1n) is 6.77. The Morgan fingerprint density at radius 3 is 2.55 bits per heavy atom. The van der Waals surface area contributed by atoms with Crippen LogP contribution in [0.5, 0.6) is 0 Å². The minimum Gasteiger partial charge on any atom is -0.459 e. The monoisotopic (exact) mass is 275 g/mol. The number of rotatable bonds is 2. The average molecular weight is 275 g/mol. The van der Waals surface area contributed by atoms with E-state index in [9.17, 15) is 9.59 Å². The zero-order valence-electron chi connectivity index (χ0n) is 11.1. The number of carbonyl (C=O) groups excluding carboxylic acids is 2. The number of hydrogen-bond acceptors (Lipinski definition) is 4. The van der Waals surface area contributed by atoms with Crippen molar-refractivity contribution in [1.29, 1.82) is 0 Å². The van der Waals surface area contributed by atoms with Crippen LogP contribution in [0.3, 0.4) is 0 Å². The van der Waals surface area contributed by atoms with Crippen molar-refractivity contribution < 1.29 is 14.0 Å². The summed E-state index contributed by atoms with van der Waals surface area (Å²) in [4.78, 5) is 27.8. The maximum atomic E-state index is 12.2. The smallest absolute Gasteiger partial charge is 0.289 e. The Bertz CT molecular complexity index is 516. The van der Waals surface area contributed by atoms with Crippen molar-refractivity contribution in [2.45, 2.75) is 6.04 Å². The molecule has 0 aromatic carbocycles. The fourth-order valence-electron chi connectivity index (χ4n) is 2.52.